The molecule has 1 saturated carbocycles. The van der Waals surface area contributed by atoms with Crippen molar-refractivity contribution in [3.8, 4) is 0 Å². The fourth-order valence-corrected chi connectivity index (χ4v) is 10.0. The molecule has 0 unspecified atom stereocenters. The zero-order valence-electron chi connectivity index (χ0n) is 19.7. The maximum Gasteiger partial charge on any atom is 0.261 e. The Kier molecular flexibility index (Phi) is 7.09. The topological polar surface area (TPSA) is 9.23 Å². The van der Waals surface area contributed by atoms with Crippen LogP contribution in [-0.4, -0.2) is 14.9 Å². The van der Waals surface area contributed by atoms with Crippen LogP contribution in [0.1, 0.15) is 66.7 Å². The second-order valence-electron chi connectivity index (χ2n) is 10.4. The highest BCUT2D eigenvalue weighted by Crippen LogP contribution is 2.47. The SMILES string of the molecule is C=C1CCC[C@@H](C)[C@]1(C)CCCO[Si](c1ccccc1)(c1ccccc1)C(C)(C)C. The maximum atomic E-state index is 7.08. The van der Waals surface area contributed by atoms with Gasteiger partial charge in [0.25, 0.3) is 8.32 Å². The minimum Gasteiger partial charge on any atom is -0.407 e. The third kappa shape index (κ3) is 4.36. The zero-order valence-corrected chi connectivity index (χ0v) is 20.7. The van der Waals surface area contributed by atoms with E-state index in [9.17, 15) is 0 Å². The molecule has 0 N–H and O–H groups in total. The molecule has 3 rings (SSSR count). The lowest BCUT2D eigenvalue weighted by Gasteiger charge is -2.44. The van der Waals surface area contributed by atoms with Crippen LogP contribution in [0.2, 0.25) is 5.04 Å². The molecule has 1 aliphatic rings. The molecule has 0 spiro atoms. The summed E-state index contributed by atoms with van der Waals surface area (Å²) >= 11 is 0. The van der Waals surface area contributed by atoms with Gasteiger partial charge >= 0.3 is 0 Å². The minimum atomic E-state index is -2.42. The van der Waals surface area contributed by atoms with E-state index in [0.29, 0.717) is 5.92 Å². The van der Waals surface area contributed by atoms with E-state index in [1.165, 1.54) is 41.6 Å². The minimum absolute atomic E-state index is 0.0430. The Morgan fingerprint density at radius 3 is 2.00 bits per heavy atom. The van der Waals surface area contributed by atoms with Crippen molar-refractivity contribution in [2.75, 3.05) is 6.61 Å². The predicted octanol–water partition coefficient (Wildman–Crippen LogP) is 6.73. The molecule has 1 fully saturated rings. The van der Waals surface area contributed by atoms with Crippen LogP contribution in [0.5, 0.6) is 0 Å². The molecular weight excluding hydrogens is 380 g/mol. The van der Waals surface area contributed by atoms with Crippen LogP contribution in [-0.2, 0) is 4.43 Å². The lowest BCUT2D eigenvalue weighted by molar-refractivity contribution is 0.167. The van der Waals surface area contributed by atoms with E-state index in [2.05, 4.69) is 102 Å². The molecular formula is C28H40OSi. The standard InChI is InChI=1S/C28H40OSi/c1-23-15-13-16-24(2)28(23,6)21-14-22-29-30(27(3,4)5,25-17-9-7-10-18-25)26-19-11-8-12-20-26/h7-12,17-20,24H,1,13-16,21-22H2,2-6H3/t24-,28-/m1/s1. The summed E-state index contributed by atoms with van der Waals surface area (Å²) in [5.74, 6) is 0.714. The Morgan fingerprint density at radius 2 is 1.53 bits per heavy atom. The van der Waals surface area contributed by atoms with Crippen LogP contribution in [0.4, 0.5) is 0 Å². The van der Waals surface area contributed by atoms with E-state index in [1.54, 1.807) is 0 Å². The van der Waals surface area contributed by atoms with Crippen molar-refractivity contribution in [1.29, 1.82) is 0 Å². The molecule has 1 nitrogen and oxygen atoms in total. The van der Waals surface area contributed by atoms with Crippen LogP contribution in [0.25, 0.3) is 0 Å². The second kappa shape index (κ2) is 9.24. The first-order valence-corrected chi connectivity index (χ1v) is 13.6. The first-order valence-electron chi connectivity index (χ1n) is 11.6. The van der Waals surface area contributed by atoms with E-state index in [0.717, 1.165) is 13.0 Å². The molecule has 0 bridgehead atoms. The van der Waals surface area contributed by atoms with E-state index in [1.807, 2.05) is 0 Å². The van der Waals surface area contributed by atoms with Crippen molar-refractivity contribution in [3.63, 3.8) is 0 Å². The third-order valence-electron chi connectivity index (χ3n) is 7.59. The molecule has 2 heteroatoms. The highest BCUT2D eigenvalue weighted by molar-refractivity contribution is 6.99. The molecule has 0 aliphatic heterocycles. The first-order chi connectivity index (χ1) is 14.2. The largest absolute Gasteiger partial charge is 0.407 e. The molecule has 2 atom stereocenters. The van der Waals surface area contributed by atoms with Gasteiger partial charge in [-0.05, 0) is 58.8 Å². The van der Waals surface area contributed by atoms with Crippen molar-refractivity contribution in [3.05, 3.63) is 72.8 Å². The normalized spacial score (nSPS) is 22.8. The lowest BCUT2D eigenvalue weighted by Crippen LogP contribution is -2.66. The third-order valence-corrected chi connectivity index (χ3v) is 12.6. The van der Waals surface area contributed by atoms with Crippen LogP contribution >= 0.6 is 0 Å². The highest BCUT2D eigenvalue weighted by Gasteiger charge is 2.50. The van der Waals surface area contributed by atoms with Gasteiger partial charge in [-0.25, -0.2) is 0 Å². The summed E-state index contributed by atoms with van der Waals surface area (Å²) in [5.41, 5.74) is 1.71. The van der Waals surface area contributed by atoms with Gasteiger partial charge in [-0.3, -0.25) is 0 Å². The van der Waals surface area contributed by atoms with Crippen molar-refractivity contribution in [2.45, 2.75) is 71.8 Å². The fraction of sp³-hybridized carbons (Fsp3) is 0.500. The van der Waals surface area contributed by atoms with Crippen LogP contribution in [0, 0.1) is 11.3 Å². The van der Waals surface area contributed by atoms with Gasteiger partial charge in [-0.1, -0.05) is 107 Å². The number of hydrogen-bond donors (Lipinski definition) is 0. The number of allylic oxidation sites excluding steroid dienone is 1. The summed E-state index contributed by atoms with van der Waals surface area (Å²) in [6, 6.07) is 21.9. The average molecular weight is 421 g/mol. The number of benzene rings is 2. The van der Waals surface area contributed by atoms with E-state index in [-0.39, 0.29) is 10.5 Å². The van der Waals surface area contributed by atoms with E-state index >= 15 is 0 Å². The molecule has 1 aliphatic carbocycles. The smallest absolute Gasteiger partial charge is 0.261 e. The molecule has 0 saturated heterocycles. The molecule has 2 aromatic rings. The highest BCUT2D eigenvalue weighted by atomic mass is 28.4. The summed E-state index contributed by atoms with van der Waals surface area (Å²) in [5, 5.41) is 2.78. The summed E-state index contributed by atoms with van der Waals surface area (Å²) in [6.07, 6.45) is 6.07. The predicted molar refractivity (Wildman–Crippen MR) is 133 cm³/mol. The Hall–Kier alpha value is -1.64. The van der Waals surface area contributed by atoms with Gasteiger partial charge < -0.3 is 4.43 Å². The van der Waals surface area contributed by atoms with E-state index in [4.69, 9.17) is 4.43 Å². The molecule has 30 heavy (non-hydrogen) atoms. The Labute approximate surface area is 185 Å². The van der Waals surface area contributed by atoms with E-state index < -0.39 is 8.32 Å². The van der Waals surface area contributed by atoms with Gasteiger partial charge in [-0.15, -0.1) is 0 Å². The second-order valence-corrected chi connectivity index (χ2v) is 14.7. The summed E-state index contributed by atoms with van der Waals surface area (Å²) in [4.78, 5) is 0. The zero-order chi connectivity index (χ0) is 21.8. The molecule has 162 valence electrons. The van der Waals surface area contributed by atoms with Gasteiger partial charge in [0.05, 0.1) is 0 Å². The monoisotopic (exact) mass is 420 g/mol. The van der Waals surface area contributed by atoms with Crippen molar-refractivity contribution < 1.29 is 4.43 Å². The lowest BCUT2D eigenvalue weighted by atomic mass is 9.63. The Morgan fingerprint density at radius 1 is 1.00 bits per heavy atom. The Bertz CT molecular complexity index is 781. The summed E-state index contributed by atoms with van der Waals surface area (Å²) < 4.78 is 7.08. The Balaban J connectivity index is 1.86. The molecule has 2 aromatic carbocycles. The van der Waals surface area contributed by atoms with Gasteiger partial charge in [0, 0.05) is 6.61 Å². The van der Waals surface area contributed by atoms with Crippen LogP contribution in [0.3, 0.4) is 0 Å². The quantitative estimate of drug-likeness (QED) is 0.274. The molecule has 0 radical (unpaired) electrons. The summed E-state index contributed by atoms with van der Waals surface area (Å²) in [6.45, 7) is 17.2. The van der Waals surface area contributed by atoms with Crippen LogP contribution < -0.4 is 10.4 Å². The van der Waals surface area contributed by atoms with Gasteiger partial charge in [-0.2, -0.15) is 0 Å². The van der Waals surface area contributed by atoms with Gasteiger partial charge in [0.1, 0.15) is 0 Å². The molecule has 0 heterocycles. The van der Waals surface area contributed by atoms with Crippen molar-refractivity contribution in [2.24, 2.45) is 11.3 Å². The summed E-state index contributed by atoms with van der Waals surface area (Å²) in [7, 11) is -2.42. The first kappa shape index (κ1) is 23.0. The van der Waals surface area contributed by atoms with Crippen molar-refractivity contribution >= 4 is 18.7 Å². The van der Waals surface area contributed by atoms with Gasteiger partial charge in [0.15, 0.2) is 0 Å². The number of rotatable bonds is 7. The maximum absolute atomic E-state index is 7.08. The molecule has 0 aromatic heterocycles. The fourth-order valence-electron chi connectivity index (χ4n) is 5.42. The van der Waals surface area contributed by atoms with Crippen molar-refractivity contribution in [1.82, 2.24) is 0 Å². The number of hydrogen-bond acceptors (Lipinski definition) is 1. The van der Waals surface area contributed by atoms with Gasteiger partial charge in [0.2, 0.25) is 0 Å². The molecule has 0 amide bonds. The average Bonchev–Trinajstić information content (AvgIpc) is 2.73. The van der Waals surface area contributed by atoms with Crippen LogP contribution in [0.15, 0.2) is 72.8 Å².